The minimum Gasteiger partial charge on any atom is -0.446 e. The molecule has 1 aromatic rings. The predicted octanol–water partition coefficient (Wildman–Crippen LogP) is 4.37. The van der Waals surface area contributed by atoms with Gasteiger partial charge in [-0.15, -0.1) is 11.3 Å². The first kappa shape index (κ1) is 26.4. The van der Waals surface area contributed by atoms with E-state index in [-0.39, 0.29) is 48.3 Å². The quantitative estimate of drug-likeness (QED) is 0.439. The van der Waals surface area contributed by atoms with Crippen LogP contribution in [0.5, 0.6) is 0 Å². The molecule has 1 heterocycles. The highest BCUT2D eigenvalue weighted by Gasteiger charge is 2.60. The number of carbonyl (C=O) groups excluding carboxylic acids is 2. The van der Waals surface area contributed by atoms with E-state index >= 15 is 0 Å². The van der Waals surface area contributed by atoms with Crippen LogP contribution in [-0.4, -0.2) is 47.1 Å². The lowest BCUT2D eigenvalue weighted by molar-refractivity contribution is -0.186. The summed E-state index contributed by atoms with van der Waals surface area (Å²) < 4.78 is 5.97. The van der Waals surface area contributed by atoms with Gasteiger partial charge >= 0.3 is 6.09 Å². The Bertz CT molecular complexity index is 858. The molecule has 3 aliphatic rings. The van der Waals surface area contributed by atoms with Crippen molar-refractivity contribution in [1.82, 2.24) is 10.6 Å². The second-order valence-corrected chi connectivity index (χ2v) is 12.5. The van der Waals surface area contributed by atoms with Gasteiger partial charge in [0, 0.05) is 22.8 Å². The molecule has 35 heavy (non-hydrogen) atoms. The van der Waals surface area contributed by atoms with Crippen molar-refractivity contribution in [3.05, 3.63) is 22.4 Å². The molecule has 0 radical (unpaired) electrons. The average molecular weight is 507 g/mol. The number of fused-ring (bicyclic) bond motifs is 1. The molecule has 4 rings (SSSR count). The van der Waals surface area contributed by atoms with E-state index in [2.05, 4.69) is 17.6 Å². The minimum absolute atomic E-state index is 0.0414. The standard InChI is InChI=1S/C27H42N2O5S/c1-26-13-12-23(34-25(33)29-18-7-4-3-5-8-18)27(2,17-30)22(26)11-10-21(31)20(26)15-24(32)28-16-19-9-6-14-35-19/h6,9,14,18,20-23,30-31H,3-5,7-8,10-13,15-17H2,1-2H3,(H,28,32)(H,29,33)/t20-,21-,22+,23-,26+,27+/m1/s1. The van der Waals surface area contributed by atoms with Crippen molar-refractivity contribution >= 4 is 23.3 Å². The molecular formula is C27H42N2O5S. The number of aliphatic hydroxyl groups excluding tert-OH is 2. The maximum absolute atomic E-state index is 12.9. The molecule has 0 aromatic carbocycles. The average Bonchev–Trinajstić information content (AvgIpc) is 3.36. The van der Waals surface area contributed by atoms with Crippen molar-refractivity contribution in [3.8, 4) is 0 Å². The van der Waals surface area contributed by atoms with Gasteiger partial charge in [-0.25, -0.2) is 4.79 Å². The molecule has 0 aliphatic heterocycles. The van der Waals surface area contributed by atoms with Crippen LogP contribution in [0.3, 0.4) is 0 Å². The number of rotatable bonds is 7. The Hall–Kier alpha value is -1.64. The summed E-state index contributed by atoms with van der Waals surface area (Å²) in [7, 11) is 0. The number of ether oxygens (including phenoxy) is 1. The summed E-state index contributed by atoms with van der Waals surface area (Å²) in [5.41, 5.74) is -0.947. The number of hydrogen-bond acceptors (Lipinski definition) is 6. The second kappa shape index (κ2) is 11.2. The summed E-state index contributed by atoms with van der Waals surface area (Å²) in [5, 5.41) is 29.6. The third-order valence-corrected chi connectivity index (χ3v) is 10.2. The highest BCUT2D eigenvalue weighted by molar-refractivity contribution is 7.09. The highest BCUT2D eigenvalue weighted by atomic mass is 32.1. The third-order valence-electron chi connectivity index (χ3n) is 9.30. The van der Waals surface area contributed by atoms with Crippen molar-refractivity contribution in [2.75, 3.05) is 6.61 Å². The van der Waals surface area contributed by atoms with Gasteiger partial charge in [-0.05, 0) is 67.2 Å². The molecule has 3 fully saturated rings. The van der Waals surface area contributed by atoms with Crippen LogP contribution < -0.4 is 10.6 Å². The SMILES string of the molecule is C[C@]1(CO)[C@H]2CC[C@@H](O)[C@@H](CC(=O)NCc3cccs3)[C@]2(C)CC[C@H]1OC(=O)NC1CCCCC1. The maximum atomic E-state index is 12.9. The molecule has 0 unspecified atom stereocenters. The van der Waals surface area contributed by atoms with Gasteiger partial charge in [-0.3, -0.25) is 4.79 Å². The Balaban J connectivity index is 1.43. The normalized spacial score (nSPS) is 35.7. The molecule has 0 saturated heterocycles. The van der Waals surface area contributed by atoms with Gasteiger partial charge in [-0.1, -0.05) is 39.2 Å². The summed E-state index contributed by atoms with van der Waals surface area (Å²) in [6.07, 6.45) is 7.08. The lowest BCUT2D eigenvalue weighted by atomic mass is 9.46. The van der Waals surface area contributed by atoms with Gasteiger partial charge in [0.25, 0.3) is 0 Å². The fourth-order valence-electron chi connectivity index (χ4n) is 7.23. The van der Waals surface area contributed by atoms with Crippen molar-refractivity contribution in [3.63, 3.8) is 0 Å². The van der Waals surface area contributed by atoms with Crippen LogP contribution in [0, 0.1) is 22.7 Å². The first-order valence-electron chi connectivity index (χ1n) is 13.3. The van der Waals surface area contributed by atoms with Crippen molar-refractivity contribution in [2.24, 2.45) is 22.7 Å². The van der Waals surface area contributed by atoms with Crippen LogP contribution in [0.2, 0.25) is 0 Å². The molecule has 3 saturated carbocycles. The molecule has 6 atom stereocenters. The molecule has 8 heteroatoms. The minimum atomic E-state index is -0.622. The van der Waals surface area contributed by atoms with Crippen molar-refractivity contribution in [2.45, 2.75) is 103 Å². The maximum Gasteiger partial charge on any atom is 0.407 e. The number of nitrogens with one attached hydrogen (secondary N) is 2. The lowest BCUT2D eigenvalue weighted by Crippen LogP contribution is -2.61. The zero-order valence-electron chi connectivity index (χ0n) is 21.1. The van der Waals surface area contributed by atoms with E-state index in [4.69, 9.17) is 4.74 Å². The third kappa shape index (κ3) is 5.70. The number of hydrogen-bond donors (Lipinski definition) is 4. The fraction of sp³-hybridized carbons (Fsp3) is 0.778. The Labute approximate surface area is 213 Å². The van der Waals surface area contributed by atoms with Crippen molar-refractivity contribution in [1.29, 1.82) is 0 Å². The molecule has 0 spiro atoms. The molecule has 196 valence electrons. The lowest BCUT2D eigenvalue weighted by Gasteiger charge is -2.60. The van der Waals surface area contributed by atoms with Crippen LogP contribution >= 0.6 is 11.3 Å². The largest absolute Gasteiger partial charge is 0.446 e. The zero-order chi connectivity index (χ0) is 25.1. The van der Waals surface area contributed by atoms with Crippen LogP contribution in [0.1, 0.15) is 82.9 Å². The highest BCUT2D eigenvalue weighted by Crippen LogP contribution is 2.61. The Kier molecular flexibility index (Phi) is 8.44. The van der Waals surface area contributed by atoms with Crippen LogP contribution in [0.15, 0.2) is 17.5 Å². The summed E-state index contributed by atoms with van der Waals surface area (Å²) in [5.74, 6) is -0.215. The summed E-state index contributed by atoms with van der Waals surface area (Å²) in [6, 6.07) is 4.14. The Morgan fingerprint density at radius 1 is 1.14 bits per heavy atom. The van der Waals surface area contributed by atoms with E-state index in [1.54, 1.807) is 11.3 Å². The first-order valence-corrected chi connectivity index (χ1v) is 14.2. The molecular weight excluding hydrogens is 464 g/mol. The topological polar surface area (TPSA) is 108 Å². The molecule has 0 bridgehead atoms. The van der Waals surface area contributed by atoms with E-state index in [0.29, 0.717) is 19.4 Å². The Morgan fingerprint density at radius 3 is 2.60 bits per heavy atom. The fourth-order valence-corrected chi connectivity index (χ4v) is 7.87. The second-order valence-electron chi connectivity index (χ2n) is 11.4. The summed E-state index contributed by atoms with van der Waals surface area (Å²) >= 11 is 1.61. The predicted molar refractivity (Wildman–Crippen MR) is 136 cm³/mol. The van der Waals surface area contributed by atoms with E-state index in [9.17, 15) is 19.8 Å². The van der Waals surface area contributed by atoms with Crippen LogP contribution in [-0.2, 0) is 16.1 Å². The molecule has 4 N–H and O–H groups in total. The van der Waals surface area contributed by atoms with Gasteiger partial charge in [0.05, 0.1) is 19.3 Å². The number of amides is 2. The van der Waals surface area contributed by atoms with E-state index in [1.807, 2.05) is 24.4 Å². The summed E-state index contributed by atoms with van der Waals surface area (Å²) in [4.78, 5) is 26.7. The van der Waals surface area contributed by atoms with Gasteiger partial charge in [-0.2, -0.15) is 0 Å². The zero-order valence-corrected chi connectivity index (χ0v) is 21.9. The van der Waals surface area contributed by atoms with Crippen molar-refractivity contribution < 1.29 is 24.5 Å². The van der Waals surface area contributed by atoms with Gasteiger partial charge in [0.1, 0.15) is 6.10 Å². The smallest absolute Gasteiger partial charge is 0.407 e. The number of aliphatic hydroxyl groups is 2. The van der Waals surface area contributed by atoms with E-state index in [1.165, 1.54) is 6.42 Å². The molecule has 2 amide bonds. The summed E-state index contributed by atoms with van der Waals surface area (Å²) in [6.45, 7) is 4.57. The van der Waals surface area contributed by atoms with E-state index in [0.717, 1.165) is 43.4 Å². The van der Waals surface area contributed by atoms with Crippen LogP contribution in [0.4, 0.5) is 4.79 Å². The number of alkyl carbamates (subject to hydrolysis) is 1. The number of carbonyl (C=O) groups is 2. The van der Waals surface area contributed by atoms with E-state index < -0.39 is 17.6 Å². The first-order chi connectivity index (χ1) is 16.8. The molecule has 1 aromatic heterocycles. The van der Waals surface area contributed by atoms with Gasteiger partial charge < -0.3 is 25.6 Å². The van der Waals surface area contributed by atoms with Gasteiger partial charge in [0.2, 0.25) is 5.91 Å². The molecule has 7 nitrogen and oxygen atoms in total. The van der Waals surface area contributed by atoms with Crippen LogP contribution in [0.25, 0.3) is 0 Å². The monoisotopic (exact) mass is 506 g/mol. The molecule has 3 aliphatic carbocycles. The number of thiophene rings is 1. The van der Waals surface area contributed by atoms with Gasteiger partial charge in [0.15, 0.2) is 0 Å². The Morgan fingerprint density at radius 2 is 1.91 bits per heavy atom.